The van der Waals surface area contributed by atoms with E-state index in [2.05, 4.69) is 20.6 Å². The number of hydrogen-bond acceptors (Lipinski definition) is 6. The van der Waals surface area contributed by atoms with Crippen molar-refractivity contribution < 1.29 is 14.0 Å². The highest BCUT2D eigenvalue weighted by Gasteiger charge is 2.15. The Hall–Kier alpha value is -2.52. The molecule has 6 nitrogen and oxygen atoms in total. The van der Waals surface area contributed by atoms with E-state index in [1.54, 1.807) is 12.1 Å². The first-order valence-corrected chi connectivity index (χ1v) is 10.5. The number of aromatic nitrogens is 2. The Morgan fingerprint density at radius 1 is 1.21 bits per heavy atom. The lowest BCUT2D eigenvalue weighted by Crippen LogP contribution is -2.41. The highest BCUT2D eigenvalue weighted by atomic mass is 32.2. The number of nitrogens with zero attached hydrogens (tertiary/aromatic N) is 2. The van der Waals surface area contributed by atoms with Gasteiger partial charge < -0.3 is 5.32 Å². The van der Waals surface area contributed by atoms with Crippen molar-refractivity contribution in [3.8, 4) is 11.1 Å². The number of halogens is 1. The molecule has 0 saturated heterocycles. The number of amides is 3. The highest BCUT2D eigenvalue weighted by molar-refractivity contribution is 8.00. The number of thioether (sulfide) groups is 1. The van der Waals surface area contributed by atoms with Crippen LogP contribution < -0.4 is 10.6 Å². The summed E-state index contributed by atoms with van der Waals surface area (Å²) in [6.07, 6.45) is 1.45. The maximum atomic E-state index is 13.2. The van der Waals surface area contributed by atoms with Gasteiger partial charge in [-0.2, -0.15) is 0 Å². The average Bonchev–Trinajstić information content (AvgIpc) is 3.10. The van der Waals surface area contributed by atoms with Crippen LogP contribution in [0, 0.1) is 11.7 Å². The lowest BCUT2D eigenvalue weighted by molar-refractivity contribution is -0.117. The fourth-order valence-corrected chi connectivity index (χ4v) is 4.23. The molecule has 9 heteroatoms. The molecule has 3 amide bonds. The minimum Gasteiger partial charge on any atom is -0.338 e. The van der Waals surface area contributed by atoms with Crippen LogP contribution >= 0.6 is 23.1 Å². The first-order chi connectivity index (χ1) is 13.4. The molecule has 0 atom stereocenters. The van der Waals surface area contributed by atoms with Crippen molar-refractivity contribution in [1.29, 1.82) is 0 Å². The fraction of sp³-hybridized carbons (Fsp3) is 0.263. The molecule has 0 saturated carbocycles. The summed E-state index contributed by atoms with van der Waals surface area (Å²) in [5, 5.41) is 8.35. The molecule has 0 radical (unpaired) electrons. The minimum absolute atomic E-state index is 0.0416. The molecule has 2 heterocycles. The van der Waals surface area contributed by atoms with Gasteiger partial charge in [0.2, 0.25) is 5.91 Å². The lowest BCUT2D eigenvalue weighted by Gasteiger charge is -2.09. The Balaban J connectivity index is 1.73. The Morgan fingerprint density at radius 3 is 2.68 bits per heavy atom. The number of urea groups is 1. The zero-order valence-corrected chi connectivity index (χ0v) is 17.0. The minimum atomic E-state index is -0.505. The third-order valence-electron chi connectivity index (χ3n) is 3.75. The zero-order valence-electron chi connectivity index (χ0n) is 15.4. The number of carbonyl (C=O) groups is 2. The third kappa shape index (κ3) is 5.05. The number of thiophene rings is 1. The second kappa shape index (κ2) is 9.11. The van der Waals surface area contributed by atoms with Gasteiger partial charge in [0, 0.05) is 17.5 Å². The molecule has 0 aliphatic rings. The van der Waals surface area contributed by atoms with E-state index in [9.17, 15) is 14.0 Å². The monoisotopic (exact) mass is 418 g/mol. The molecule has 2 aromatic heterocycles. The van der Waals surface area contributed by atoms with E-state index in [1.807, 2.05) is 19.2 Å². The van der Waals surface area contributed by atoms with Gasteiger partial charge in [-0.25, -0.2) is 19.2 Å². The van der Waals surface area contributed by atoms with E-state index in [4.69, 9.17) is 0 Å². The summed E-state index contributed by atoms with van der Waals surface area (Å²) in [6.45, 7) is 4.43. The van der Waals surface area contributed by atoms with Gasteiger partial charge in [0.25, 0.3) is 0 Å². The molecule has 0 bridgehead atoms. The van der Waals surface area contributed by atoms with Gasteiger partial charge in [-0.3, -0.25) is 10.1 Å². The van der Waals surface area contributed by atoms with Crippen LogP contribution in [0.4, 0.5) is 9.18 Å². The van der Waals surface area contributed by atoms with Crippen molar-refractivity contribution in [1.82, 2.24) is 20.6 Å². The SMILES string of the molecule is CC(C)CNC(=O)NC(=O)CSc1ncnc2scc(-c3ccc(F)cc3)c12. The van der Waals surface area contributed by atoms with E-state index >= 15 is 0 Å². The van der Waals surface area contributed by atoms with E-state index in [1.165, 1.54) is 41.6 Å². The summed E-state index contributed by atoms with van der Waals surface area (Å²) >= 11 is 2.69. The molecule has 2 N–H and O–H groups in total. The predicted molar refractivity (Wildman–Crippen MR) is 110 cm³/mol. The Kier molecular flexibility index (Phi) is 6.58. The van der Waals surface area contributed by atoms with Crippen molar-refractivity contribution in [3.63, 3.8) is 0 Å². The number of fused-ring (bicyclic) bond motifs is 1. The standard InChI is InChI=1S/C19H19FN4O2S2/c1-11(2)7-21-19(26)24-15(25)9-28-18-16-14(8-27-17(16)22-10-23-18)12-3-5-13(20)6-4-12/h3-6,8,10-11H,7,9H2,1-2H3,(H2,21,24,25,26). The van der Waals surface area contributed by atoms with Crippen LogP contribution in [-0.4, -0.2) is 34.2 Å². The molecule has 0 aliphatic carbocycles. The summed E-state index contributed by atoms with van der Waals surface area (Å²) in [5.74, 6) is -0.369. The van der Waals surface area contributed by atoms with Crippen LogP contribution in [0.3, 0.4) is 0 Å². The van der Waals surface area contributed by atoms with Crippen molar-refractivity contribution in [2.24, 2.45) is 5.92 Å². The third-order valence-corrected chi connectivity index (χ3v) is 5.63. The Bertz CT molecular complexity index is 989. The molecule has 3 aromatic rings. The number of benzene rings is 1. The molecule has 3 rings (SSSR count). The number of hydrogen-bond donors (Lipinski definition) is 2. The second-order valence-electron chi connectivity index (χ2n) is 6.46. The summed E-state index contributed by atoms with van der Waals surface area (Å²) < 4.78 is 13.2. The van der Waals surface area contributed by atoms with E-state index in [-0.39, 0.29) is 11.6 Å². The Morgan fingerprint density at radius 2 is 1.96 bits per heavy atom. The van der Waals surface area contributed by atoms with Crippen LogP contribution in [0.5, 0.6) is 0 Å². The van der Waals surface area contributed by atoms with Gasteiger partial charge in [0.05, 0.1) is 11.1 Å². The van der Waals surface area contributed by atoms with E-state index in [0.29, 0.717) is 17.5 Å². The summed E-state index contributed by atoms with van der Waals surface area (Å²) in [6, 6.07) is 5.69. The Labute approximate surface area is 170 Å². The normalized spacial score (nSPS) is 11.0. The number of imide groups is 1. The van der Waals surface area contributed by atoms with Crippen LogP contribution in [0.1, 0.15) is 13.8 Å². The molecule has 0 aliphatic heterocycles. The smallest absolute Gasteiger partial charge is 0.321 e. The molecule has 146 valence electrons. The first-order valence-electron chi connectivity index (χ1n) is 8.62. The van der Waals surface area contributed by atoms with Crippen LogP contribution in [-0.2, 0) is 4.79 Å². The highest BCUT2D eigenvalue weighted by Crippen LogP contribution is 2.37. The molecular weight excluding hydrogens is 399 g/mol. The topological polar surface area (TPSA) is 84.0 Å². The van der Waals surface area contributed by atoms with Crippen LogP contribution in [0.15, 0.2) is 41.0 Å². The van der Waals surface area contributed by atoms with Gasteiger partial charge in [0.1, 0.15) is 22.0 Å². The lowest BCUT2D eigenvalue weighted by atomic mass is 10.1. The second-order valence-corrected chi connectivity index (χ2v) is 8.28. The van der Waals surface area contributed by atoms with Gasteiger partial charge in [0.15, 0.2) is 0 Å². The van der Waals surface area contributed by atoms with Crippen LogP contribution in [0.2, 0.25) is 0 Å². The number of carbonyl (C=O) groups excluding carboxylic acids is 2. The number of rotatable bonds is 6. The van der Waals surface area contributed by atoms with Crippen molar-refractivity contribution in [3.05, 3.63) is 41.8 Å². The van der Waals surface area contributed by atoms with Gasteiger partial charge in [-0.15, -0.1) is 11.3 Å². The zero-order chi connectivity index (χ0) is 20.1. The summed E-state index contributed by atoms with van der Waals surface area (Å²) in [7, 11) is 0. The number of nitrogens with one attached hydrogen (secondary N) is 2. The molecule has 0 fully saturated rings. The maximum absolute atomic E-state index is 13.2. The van der Waals surface area contributed by atoms with Crippen LogP contribution in [0.25, 0.3) is 21.3 Å². The van der Waals surface area contributed by atoms with Gasteiger partial charge in [-0.1, -0.05) is 37.7 Å². The van der Waals surface area contributed by atoms with Crippen molar-refractivity contribution in [2.75, 3.05) is 12.3 Å². The van der Waals surface area contributed by atoms with Crippen molar-refractivity contribution in [2.45, 2.75) is 18.9 Å². The van der Waals surface area contributed by atoms with Gasteiger partial charge >= 0.3 is 6.03 Å². The molecule has 0 unspecified atom stereocenters. The largest absolute Gasteiger partial charge is 0.338 e. The van der Waals surface area contributed by atoms with E-state index in [0.717, 1.165) is 21.3 Å². The fourth-order valence-electron chi connectivity index (χ4n) is 2.44. The quantitative estimate of drug-likeness (QED) is 0.466. The maximum Gasteiger partial charge on any atom is 0.321 e. The molecule has 1 aromatic carbocycles. The first kappa shape index (κ1) is 20.2. The summed E-state index contributed by atoms with van der Waals surface area (Å²) in [4.78, 5) is 33.1. The molecule has 0 spiro atoms. The molecular formula is C19H19FN4O2S2. The molecule has 28 heavy (non-hydrogen) atoms. The van der Waals surface area contributed by atoms with Gasteiger partial charge in [-0.05, 0) is 23.6 Å². The van der Waals surface area contributed by atoms with Crippen molar-refractivity contribution >= 4 is 45.3 Å². The predicted octanol–water partition coefficient (Wildman–Crippen LogP) is 4.07. The van der Waals surface area contributed by atoms with E-state index < -0.39 is 11.9 Å². The average molecular weight is 419 g/mol. The summed E-state index contributed by atoms with van der Waals surface area (Å²) in [5.41, 5.74) is 1.74.